The van der Waals surface area contributed by atoms with Gasteiger partial charge in [-0.25, -0.2) is 4.39 Å². The van der Waals surface area contributed by atoms with Gasteiger partial charge in [-0.1, -0.05) is 23.7 Å². The average molecular weight is 460 g/mol. The normalized spacial score (nSPS) is 21.5. The third kappa shape index (κ3) is 6.44. The minimum absolute atomic E-state index is 0.00611. The maximum atomic E-state index is 13.3. The standard InChI is InChI=1S/C25H31ClFN3O2/c1-18-14-29(15-20-4-8-22(27)9-5-20)23(13-28-12-19-2-3-19)16-30(18)25(31)17-32-24-10-6-21(26)7-11-24/h4-11,18-19,23,28H,2-3,12-17H2,1H3/t18-,23+/m1/s1. The lowest BCUT2D eigenvalue weighted by molar-refractivity contribution is -0.139. The number of ether oxygens (including phenoxy) is 1. The third-order valence-electron chi connectivity index (χ3n) is 6.26. The van der Waals surface area contributed by atoms with Gasteiger partial charge >= 0.3 is 0 Å². The summed E-state index contributed by atoms with van der Waals surface area (Å²) in [4.78, 5) is 17.3. The Kier molecular flexibility index (Phi) is 7.66. The van der Waals surface area contributed by atoms with E-state index in [9.17, 15) is 9.18 Å². The van der Waals surface area contributed by atoms with Crippen LogP contribution in [0.1, 0.15) is 25.3 Å². The third-order valence-corrected chi connectivity index (χ3v) is 6.51. The number of benzene rings is 2. The van der Waals surface area contributed by atoms with Crippen molar-refractivity contribution in [1.29, 1.82) is 0 Å². The summed E-state index contributed by atoms with van der Waals surface area (Å²) in [6.07, 6.45) is 2.61. The second kappa shape index (κ2) is 10.6. The van der Waals surface area contributed by atoms with Crippen molar-refractivity contribution >= 4 is 17.5 Å². The molecule has 0 unspecified atom stereocenters. The van der Waals surface area contributed by atoms with E-state index in [1.54, 1.807) is 24.3 Å². The van der Waals surface area contributed by atoms with Gasteiger partial charge in [-0.3, -0.25) is 9.69 Å². The summed E-state index contributed by atoms with van der Waals surface area (Å²) < 4.78 is 19.0. The summed E-state index contributed by atoms with van der Waals surface area (Å²) in [5.41, 5.74) is 1.08. The van der Waals surface area contributed by atoms with E-state index in [0.29, 0.717) is 17.3 Å². The molecule has 1 amide bonds. The van der Waals surface area contributed by atoms with E-state index < -0.39 is 0 Å². The summed E-state index contributed by atoms with van der Waals surface area (Å²) in [5, 5.41) is 4.23. The van der Waals surface area contributed by atoms with Crippen LogP contribution < -0.4 is 10.1 Å². The molecule has 7 heteroatoms. The fraction of sp³-hybridized carbons (Fsp3) is 0.480. The highest BCUT2D eigenvalue weighted by Gasteiger charge is 2.34. The molecule has 0 bridgehead atoms. The van der Waals surface area contributed by atoms with Crippen molar-refractivity contribution < 1.29 is 13.9 Å². The predicted octanol–water partition coefficient (Wildman–Crippen LogP) is 3.96. The number of carbonyl (C=O) groups is 1. The van der Waals surface area contributed by atoms with Crippen molar-refractivity contribution in [2.45, 2.75) is 38.4 Å². The Labute approximate surface area is 194 Å². The molecule has 0 spiro atoms. The van der Waals surface area contributed by atoms with Crippen molar-refractivity contribution in [1.82, 2.24) is 15.1 Å². The van der Waals surface area contributed by atoms with Crippen LogP contribution in [0.5, 0.6) is 5.75 Å². The van der Waals surface area contributed by atoms with E-state index in [1.165, 1.54) is 25.0 Å². The van der Waals surface area contributed by atoms with Crippen LogP contribution in [0.2, 0.25) is 5.02 Å². The Morgan fingerprint density at radius 3 is 2.50 bits per heavy atom. The highest BCUT2D eigenvalue weighted by atomic mass is 35.5. The number of halogens is 2. The number of rotatable bonds is 9. The first-order chi connectivity index (χ1) is 15.5. The number of carbonyl (C=O) groups excluding carboxylic acids is 1. The van der Waals surface area contributed by atoms with Gasteiger partial charge < -0.3 is 15.0 Å². The fourth-order valence-corrected chi connectivity index (χ4v) is 4.33. The van der Waals surface area contributed by atoms with Gasteiger partial charge in [-0.2, -0.15) is 0 Å². The Morgan fingerprint density at radius 2 is 1.81 bits per heavy atom. The number of hydrogen-bond donors (Lipinski definition) is 1. The molecular weight excluding hydrogens is 429 g/mol. The molecule has 172 valence electrons. The van der Waals surface area contributed by atoms with Gasteiger partial charge in [0.2, 0.25) is 0 Å². The zero-order valence-electron chi connectivity index (χ0n) is 18.5. The molecule has 1 saturated carbocycles. The lowest BCUT2D eigenvalue weighted by atomic mass is 10.0. The van der Waals surface area contributed by atoms with Crippen molar-refractivity contribution in [3.8, 4) is 5.75 Å². The first-order valence-electron chi connectivity index (χ1n) is 11.3. The van der Waals surface area contributed by atoms with Gasteiger partial charge in [0.25, 0.3) is 5.91 Å². The van der Waals surface area contributed by atoms with Gasteiger partial charge in [0.15, 0.2) is 6.61 Å². The summed E-state index contributed by atoms with van der Waals surface area (Å²) in [5.74, 6) is 1.20. The maximum Gasteiger partial charge on any atom is 0.260 e. The van der Waals surface area contributed by atoms with Crippen molar-refractivity contribution in [2.75, 3.05) is 32.8 Å². The van der Waals surface area contributed by atoms with Crippen LogP contribution in [0.25, 0.3) is 0 Å². The number of nitrogens with one attached hydrogen (secondary N) is 1. The smallest absolute Gasteiger partial charge is 0.260 e. The van der Waals surface area contributed by atoms with Gasteiger partial charge in [0.05, 0.1) is 0 Å². The molecule has 1 saturated heterocycles. The SMILES string of the molecule is C[C@@H]1CN(Cc2ccc(F)cc2)[C@@H](CNCC2CC2)CN1C(=O)COc1ccc(Cl)cc1. The van der Waals surface area contributed by atoms with E-state index >= 15 is 0 Å². The molecule has 4 rings (SSSR count). The zero-order chi connectivity index (χ0) is 22.5. The fourth-order valence-electron chi connectivity index (χ4n) is 4.20. The molecule has 0 radical (unpaired) electrons. The largest absolute Gasteiger partial charge is 0.484 e. The lowest BCUT2D eigenvalue weighted by Gasteiger charge is -2.45. The van der Waals surface area contributed by atoms with Crippen LogP contribution in [0.15, 0.2) is 48.5 Å². The molecule has 2 atom stereocenters. The van der Waals surface area contributed by atoms with Crippen LogP contribution >= 0.6 is 11.6 Å². The highest BCUT2D eigenvalue weighted by Crippen LogP contribution is 2.27. The van der Waals surface area contributed by atoms with Crippen LogP contribution in [0.4, 0.5) is 4.39 Å². The first-order valence-corrected chi connectivity index (χ1v) is 11.7. The first kappa shape index (κ1) is 23.0. The molecule has 2 fully saturated rings. The summed E-state index contributed by atoms with van der Waals surface area (Å²) in [6, 6.07) is 14.0. The van der Waals surface area contributed by atoms with Gasteiger partial charge in [-0.05, 0) is 74.2 Å². The second-order valence-electron chi connectivity index (χ2n) is 8.95. The van der Waals surface area contributed by atoms with E-state index in [2.05, 4.69) is 17.1 Å². The van der Waals surface area contributed by atoms with Crippen molar-refractivity contribution in [3.63, 3.8) is 0 Å². The molecular formula is C25H31ClFN3O2. The lowest BCUT2D eigenvalue weighted by Crippen LogP contribution is -2.61. The minimum atomic E-state index is -0.221. The number of nitrogens with zero attached hydrogens (tertiary/aromatic N) is 2. The molecule has 0 aromatic heterocycles. The molecule has 2 aromatic rings. The molecule has 2 aliphatic rings. The van der Waals surface area contributed by atoms with Crippen LogP contribution in [0.3, 0.4) is 0 Å². The van der Waals surface area contributed by atoms with E-state index in [-0.39, 0.29) is 30.4 Å². The summed E-state index contributed by atoms with van der Waals surface area (Å²) >= 11 is 5.92. The molecule has 2 aromatic carbocycles. The molecule has 1 aliphatic heterocycles. The van der Waals surface area contributed by atoms with E-state index in [1.807, 2.05) is 17.0 Å². The van der Waals surface area contributed by atoms with Crippen molar-refractivity contribution in [3.05, 3.63) is 64.9 Å². The van der Waals surface area contributed by atoms with Crippen LogP contribution in [-0.2, 0) is 11.3 Å². The second-order valence-corrected chi connectivity index (χ2v) is 9.39. The van der Waals surface area contributed by atoms with Crippen molar-refractivity contribution in [2.24, 2.45) is 5.92 Å². The molecule has 1 N–H and O–H groups in total. The van der Waals surface area contributed by atoms with Gasteiger partial charge in [-0.15, -0.1) is 0 Å². The number of piperazine rings is 1. The Bertz CT molecular complexity index is 889. The molecule has 1 aliphatic carbocycles. The van der Waals surface area contributed by atoms with Crippen LogP contribution in [-0.4, -0.2) is 60.6 Å². The van der Waals surface area contributed by atoms with E-state index in [4.69, 9.17) is 16.3 Å². The number of amides is 1. The van der Waals surface area contributed by atoms with Gasteiger partial charge in [0.1, 0.15) is 11.6 Å². The molecule has 5 nitrogen and oxygen atoms in total. The topological polar surface area (TPSA) is 44.8 Å². The molecule has 32 heavy (non-hydrogen) atoms. The minimum Gasteiger partial charge on any atom is -0.484 e. The predicted molar refractivity (Wildman–Crippen MR) is 124 cm³/mol. The number of hydrogen-bond acceptors (Lipinski definition) is 4. The highest BCUT2D eigenvalue weighted by molar-refractivity contribution is 6.30. The van der Waals surface area contributed by atoms with Crippen LogP contribution in [0, 0.1) is 11.7 Å². The zero-order valence-corrected chi connectivity index (χ0v) is 19.2. The van der Waals surface area contributed by atoms with E-state index in [0.717, 1.165) is 37.7 Å². The Hall–Kier alpha value is -2.15. The Balaban J connectivity index is 1.38. The molecule has 1 heterocycles. The summed E-state index contributed by atoms with van der Waals surface area (Å²) in [7, 11) is 0. The summed E-state index contributed by atoms with van der Waals surface area (Å²) in [6.45, 7) is 6.08. The van der Waals surface area contributed by atoms with Gasteiger partial charge in [0, 0.05) is 43.3 Å². The average Bonchev–Trinajstić information content (AvgIpc) is 3.60. The Morgan fingerprint density at radius 1 is 1.09 bits per heavy atom. The maximum absolute atomic E-state index is 13.3. The quantitative estimate of drug-likeness (QED) is 0.616. The monoisotopic (exact) mass is 459 g/mol.